The molecule has 0 saturated carbocycles. The summed E-state index contributed by atoms with van der Waals surface area (Å²) in [5.41, 5.74) is 1.16. The largest absolute Gasteiger partial charge is 0.482 e. The maximum atomic E-state index is 12.0. The highest BCUT2D eigenvalue weighted by molar-refractivity contribution is 6.03. The lowest BCUT2D eigenvalue weighted by atomic mass is 10.2. The summed E-state index contributed by atoms with van der Waals surface area (Å²) in [5.74, 6) is -0.305. The Morgan fingerprint density at radius 1 is 1.38 bits per heavy atom. The van der Waals surface area contributed by atoms with Crippen molar-refractivity contribution in [1.29, 1.82) is 0 Å². The van der Waals surface area contributed by atoms with Crippen LogP contribution in [0.4, 0.5) is 5.69 Å². The molecule has 0 bridgehead atoms. The summed E-state index contributed by atoms with van der Waals surface area (Å²) in [5, 5.41) is 6.21. The van der Waals surface area contributed by atoms with Crippen LogP contribution in [-0.2, 0) is 9.53 Å². The first-order valence-electron chi connectivity index (χ1n) is 6.12. The number of carbonyl (C=O) groups excluding carboxylic acids is 2. The van der Waals surface area contributed by atoms with E-state index in [9.17, 15) is 9.59 Å². The molecular formula is C14H14N2O5. The molecule has 110 valence electrons. The highest BCUT2D eigenvalue weighted by Crippen LogP contribution is 2.18. The predicted octanol–water partition coefficient (Wildman–Crippen LogP) is 1.79. The Balaban J connectivity index is 2.02. The number of anilines is 1. The Morgan fingerprint density at radius 3 is 2.86 bits per heavy atom. The standard InChI is InChI=1S/C14H14N2O5/c1-9-7-15-21-13(9)14(18)16-10-4-3-5-11(6-10)20-8-12(17)19-2/h3-7H,8H2,1-2H3,(H,16,18). The topological polar surface area (TPSA) is 90.7 Å². The molecular weight excluding hydrogens is 276 g/mol. The van der Waals surface area contributed by atoms with Gasteiger partial charge in [0.25, 0.3) is 5.91 Å². The molecule has 7 heteroatoms. The van der Waals surface area contributed by atoms with Crippen molar-refractivity contribution in [2.75, 3.05) is 19.0 Å². The SMILES string of the molecule is COC(=O)COc1cccc(NC(=O)c2oncc2C)c1. The van der Waals surface area contributed by atoms with Crippen LogP contribution in [0.1, 0.15) is 16.1 Å². The Morgan fingerprint density at radius 2 is 2.19 bits per heavy atom. The summed E-state index contributed by atoms with van der Waals surface area (Å²) in [7, 11) is 1.28. The molecule has 7 nitrogen and oxygen atoms in total. The fourth-order valence-electron chi connectivity index (χ4n) is 1.56. The van der Waals surface area contributed by atoms with Gasteiger partial charge in [0, 0.05) is 17.3 Å². The van der Waals surface area contributed by atoms with Crippen molar-refractivity contribution >= 4 is 17.6 Å². The van der Waals surface area contributed by atoms with Crippen molar-refractivity contribution in [3.8, 4) is 5.75 Å². The van der Waals surface area contributed by atoms with Crippen molar-refractivity contribution in [2.45, 2.75) is 6.92 Å². The molecule has 0 spiro atoms. The van der Waals surface area contributed by atoms with Crippen molar-refractivity contribution in [2.24, 2.45) is 0 Å². The number of amides is 1. The maximum absolute atomic E-state index is 12.0. The van der Waals surface area contributed by atoms with E-state index in [1.807, 2.05) is 0 Å². The van der Waals surface area contributed by atoms with E-state index in [1.165, 1.54) is 13.3 Å². The minimum absolute atomic E-state index is 0.149. The minimum Gasteiger partial charge on any atom is -0.482 e. The number of benzene rings is 1. The van der Waals surface area contributed by atoms with Crippen LogP contribution in [0.5, 0.6) is 5.75 Å². The molecule has 0 unspecified atom stereocenters. The van der Waals surface area contributed by atoms with Crippen LogP contribution in [0, 0.1) is 6.92 Å². The van der Waals surface area contributed by atoms with Gasteiger partial charge >= 0.3 is 5.97 Å². The number of carbonyl (C=O) groups is 2. The van der Waals surface area contributed by atoms with Crippen LogP contribution in [0.3, 0.4) is 0 Å². The van der Waals surface area contributed by atoms with Crippen LogP contribution in [0.2, 0.25) is 0 Å². The van der Waals surface area contributed by atoms with E-state index in [4.69, 9.17) is 9.26 Å². The third kappa shape index (κ3) is 3.82. The Bertz CT molecular complexity index is 650. The summed E-state index contributed by atoms with van der Waals surface area (Å²) in [6, 6.07) is 6.63. The van der Waals surface area contributed by atoms with E-state index < -0.39 is 11.9 Å². The molecule has 1 amide bonds. The van der Waals surface area contributed by atoms with Gasteiger partial charge in [0.15, 0.2) is 6.61 Å². The summed E-state index contributed by atoms with van der Waals surface area (Å²) in [6.07, 6.45) is 1.46. The third-order valence-electron chi connectivity index (χ3n) is 2.63. The monoisotopic (exact) mass is 290 g/mol. The van der Waals surface area contributed by atoms with E-state index >= 15 is 0 Å². The van der Waals surface area contributed by atoms with Crippen molar-refractivity contribution in [3.63, 3.8) is 0 Å². The van der Waals surface area contributed by atoms with Gasteiger partial charge in [-0.3, -0.25) is 4.79 Å². The Labute approximate surface area is 120 Å². The van der Waals surface area contributed by atoms with Gasteiger partial charge < -0.3 is 19.3 Å². The Hall–Kier alpha value is -2.83. The van der Waals surface area contributed by atoms with Gasteiger partial charge in [0.1, 0.15) is 5.75 Å². The number of methoxy groups -OCH3 is 1. The van der Waals surface area contributed by atoms with Gasteiger partial charge in [-0.05, 0) is 19.1 Å². The number of aryl methyl sites for hydroxylation is 1. The van der Waals surface area contributed by atoms with E-state index in [2.05, 4.69) is 15.2 Å². The minimum atomic E-state index is -0.485. The van der Waals surface area contributed by atoms with Gasteiger partial charge in [-0.2, -0.15) is 0 Å². The smallest absolute Gasteiger partial charge is 0.343 e. The van der Waals surface area contributed by atoms with E-state index in [-0.39, 0.29) is 12.4 Å². The molecule has 1 aromatic carbocycles. The quantitative estimate of drug-likeness (QED) is 0.844. The summed E-state index contributed by atoms with van der Waals surface area (Å²) < 4.78 is 14.6. The molecule has 0 aliphatic heterocycles. The number of aromatic nitrogens is 1. The molecule has 0 aliphatic rings. The first-order chi connectivity index (χ1) is 10.1. The van der Waals surface area contributed by atoms with E-state index in [0.717, 1.165) is 0 Å². The van der Waals surface area contributed by atoms with Crippen molar-refractivity contribution < 1.29 is 23.6 Å². The highest BCUT2D eigenvalue weighted by Gasteiger charge is 2.14. The van der Waals surface area contributed by atoms with Crippen molar-refractivity contribution in [1.82, 2.24) is 5.16 Å². The molecule has 21 heavy (non-hydrogen) atoms. The number of nitrogens with zero attached hydrogens (tertiary/aromatic N) is 1. The maximum Gasteiger partial charge on any atom is 0.343 e. The molecule has 1 aromatic heterocycles. The molecule has 1 heterocycles. The van der Waals surface area contributed by atoms with Gasteiger partial charge in [0.2, 0.25) is 5.76 Å². The summed E-state index contributed by atoms with van der Waals surface area (Å²) in [6.45, 7) is 1.52. The summed E-state index contributed by atoms with van der Waals surface area (Å²) in [4.78, 5) is 23.0. The highest BCUT2D eigenvalue weighted by atomic mass is 16.6. The second kappa shape index (κ2) is 6.56. The fraction of sp³-hybridized carbons (Fsp3) is 0.214. The lowest BCUT2D eigenvalue weighted by Crippen LogP contribution is -2.14. The zero-order chi connectivity index (χ0) is 15.2. The van der Waals surface area contributed by atoms with Crippen molar-refractivity contribution in [3.05, 3.63) is 41.8 Å². The molecule has 0 saturated heterocycles. The van der Waals surface area contributed by atoms with Crippen LogP contribution >= 0.6 is 0 Å². The Kier molecular flexibility index (Phi) is 4.55. The third-order valence-corrected chi connectivity index (χ3v) is 2.63. The average molecular weight is 290 g/mol. The second-order valence-electron chi connectivity index (χ2n) is 4.18. The van der Waals surface area contributed by atoms with Gasteiger partial charge in [-0.25, -0.2) is 4.79 Å². The number of esters is 1. The van der Waals surface area contributed by atoms with Gasteiger partial charge in [-0.15, -0.1) is 0 Å². The molecule has 1 N–H and O–H groups in total. The fourth-order valence-corrected chi connectivity index (χ4v) is 1.56. The molecule has 0 atom stereocenters. The predicted molar refractivity (Wildman–Crippen MR) is 73.1 cm³/mol. The number of rotatable bonds is 5. The number of hydrogen-bond acceptors (Lipinski definition) is 6. The zero-order valence-electron chi connectivity index (χ0n) is 11.6. The lowest BCUT2D eigenvalue weighted by Gasteiger charge is -2.07. The van der Waals surface area contributed by atoms with Crippen LogP contribution in [0.25, 0.3) is 0 Å². The molecule has 0 fully saturated rings. The first-order valence-corrected chi connectivity index (χ1v) is 6.12. The number of nitrogens with one attached hydrogen (secondary N) is 1. The lowest BCUT2D eigenvalue weighted by molar-refractivity contribution is -0.142. The molecule has 0 radical (unpaired) electrons. The molecule has 0 aliphatic carbocycles. The van der Waals surface area contributed by atoms with E-state index in [1.54, 1.807) is 31.2 Å². The van der Waals surface area contributed by atoms with Crippen LogP contribution in [-0.4, -0.2) is 30.7 Å². The van der Waals surface area contributed by atoms with Gasteiger partial charge in [0.05, 0.1) is 13.3 Å². The zero-order valence-corrected chi connectivity index (χ0v) is 11.6. The van der Waals surface area contributed by atoms with Gasteiger partial charge in [-0.1, -0.05) is 11.2 Å². The number of hydrogen-bond donors (Lipinski definition) is 1. The number of ether oxygens (including phenoxy) is 2. The van der Waals surface area contributed by atoms with E-state index in [0.29, 0.717) is 17.0 Å². The average Bonchev–Trinajstić information content (AvgIpc) is 2.91. The normalized spacial score (nSPS) is 10.0. The second-order valence-corrected chi connectivity index (χ2v) is 4.18. The summed E-state index contributed by atoms with van der Waals surface area (Å²) >= 11 is 0. The molecule has 2 rings (SSSR count). The van der Waals surface area contributed by atoms with Crippen LogP contribution in [0.15, 0.2) is 35.0 Å². The van der Waals surface area contributed by atoms with Crippen LogP contribution < -0.4 is 10.1 Å². The molecule has 2 aromatic rings. The first kappa shape index (κ1) is 14.6.